The number of carbonyl (C=O) groups excluding carboxylic acids is 2. The molecule has 0 radical (unpaired) electrons. The average molecular weight is 303 g/mol. The van der Waals surface area contributed by atoms with Crippen molar-refractivity contribution in [3.63, 3.8) is 0 Å². The maximum absolute atomic E-state index is 12.1. The highest BCUT2D eigenvalue weighted by Crippen LogP contribution is 2.30. The number of nitrogens with zero attached hydrogens (tertiary/aromatic N) is 2. The molecule has 1 aromatic rings. The van der Waals surface area contributed by atoms with Gasteiger partial charge in [-0.3, -0.25) is 14.5 Å². The maximum atomic E-state index is 12.1. The lowest BCUT2D eigenvalue weighted by atomic mass is 10.0. The van der Waals surface area contributed by atoms with E-state index in [9.17, 15) is 9.59 Å². The van der Waals surface area contributed by atoms with Crippen LogP contribution < -0.4 is 10.6 Å². The van der Waals surface area contributed by atoms with Gasteiger partial charge in [0.2, 0.25) is 5.91 Å². The number of hydrogen-bond donors (Lipinski definition) is 1. The first-order valence-corrected chi connectivity index (χ1v) is 7.69. The van der Waals surface area contributed by atoms with Crippen molar-refractivity contribution in [3.8, 4) is 0 Å². The van der Waals surface area contributed by atoms with Crippen LogP contribution in [0.4, 0.5) is 5.69 Å². The fourth-order valence-corrected chi connectivity index (χ4v) is 3.12. The summed E-state index contributed by atoms with van der Waals surface area (Å²) in [6.07, 6.45) is 1.35. The largest absolute Gasteiger partial charge is 0.379 e. The third-order valence-electron chi connectivity index (χ3n) is 4.23. The van der Waals surface area contributed by atoms with Gasteiger partial charge >= 0.3 is 0 Å². The molecule has 2 N–H and O–H groups in total. The molecular weight excluding hydrogens is 282 g/mol. The fourth-order valence-electron chi connectivity index (χ4n) is 3.12. The van der Waals surface area contributed by atoms with Crippen molar-refractivity contribution in [2.24, 2.45) is 5.73 Å². The van der Waals surface area contributed by atoms with Gasteiger partial charge in [0, 0.05) is 32.6 Å². The minimum atomic E-state index is -0.487. The van der Waals surface area contributed by atoms with Gasteiger partial charge in [-0.25, -0.2) is 0 Å². The molecule has 22 heavy (non-hydrogen) atoms. The number of morpholine rings is 1. The maximum Gasteiger partial charge on any atom is 0.250 e. The molecule has 0 aromatic heterocycles. The smallest absolute Gasteiger partial charge is 0.250 e. The zero-order chi connectivity index (χ0) is 15.5. The van der Waals surface area contributed by atoms with Crippen LogP contribution in [0.5, 0.6) is 0 Å². The Kier molecular flexibility index (Phi) is 4.40. The van der Waals surface area contributed by atoms with E-state index < -0.39 is 5.91 Å². The zero-order valence-corrected chi connectivity index (χ0v) is 12.6. The molecule has 0 bridgehead atoms. The number of nitrogens with two attached hydrogens (primary N) is 1. The van der Waals surface area contributed by atoms with E-state index in [1.807, 2.05) is 12.1 Å². The Morgan fingerprint density at radius 3 is 2.64 bits per heavy atom. The van der Waals surface area contributed by atoms with Crippen molar-refractivity contribution >= 4 is 17.5 Å². The van der Waals surface area contributed by atoms with Crippen molar-refractivity contribution in [1.82, 2.24) is 4.90 Å². The van der Waals surface area contributed by atoms with E-state index in [-0.39, 0.29) is 5.91 Å². The van der Waals surface area contributed by atoms with Crippen molar-refractivity contribution in [1.29, 1.82) is 0 Å². The first kappa shape index (κ1) is 15.0. The minimum absolute atomic E-state index is 0.0666. The molecule has 0 saturated carbocycles. The number of hydrogen-bond acceptors (Lipinski definition) is 4. The summed E-state index contributed by atoms with van der Waals surface area (Å²) in [6.45, 7) is 4.49. The van der Waals surface area contributed by atoms with E-state index in [4.69, 9.17) is 10.5 Å². The number of amides is 2. The molecule has 0 unspecified atom stereocenters. The second-order valence-electron chi connectivity index (χ2n) is 5.72. The van der Waals surface area contributed by atoms with Crippen molar-refractivity contribution in [2.45, 2.75) is 19.4 Å². The Hall–Kier alpha value is -1.92. The number of carbonyl (C=O) groups is 2. The average Bonchev–Trinajstić information content (AvgIpc) is 2.94. The van der Waals surface area contributed by atoms with Gasteiger partial charge in [0.05, 0.1) is 24.5 Å². The molecule has 118 valence electrons. The van der Waals surface area contributed by atoms with Crippen LogP contribution in [0.2, 0.25) is 0 Å². The van der Waals surface area contributed by atoms with Gasteiger partial charge in [0.1, 0.15) is 0 Å². The molecule has 3 rings (SSSR count). The van der Waals surface area contributed by atoms with Crippen LogP contribution in [0.25, 0.3) is 0 Å². The van der Waals surface area contributed by atoms with Gasteiger partial charge in [-0.15, -0.1) is 0 Å². The van der Waals surface area contributed by atoms with E-state index in [1.165, 1.54) is 0 Å². The lowest BCUT2D eigenvalue weighted by Crippen LogP contribution is -2.36. The van der Waals surface area contributed by atoms with Crippen LogP contribution in [0.15, 0.2) is 18.2 Å². The summed E-state index contributed by atoms with van der Waals surface area (Å²) in [4.78, 5) is 27.9. The summed E-state index contributed by atoms with van der Waals surface area (Å²) in [5, 5.41) is 0. The van der Waals surface area contributed by atoms with E-state index in [0.717, 1.165) is 25.1 Å². The fraction of sp³-hybridized carbons (Fsp3) is 0.500. The number of primary amides is 1. The standard InChI is InChI=1S/C16H21N3O3/c17-16(21)13-4-1-3-12(11-18-7-9-22-10-8-18)15(13)19-6-2-5-14(19)20/h1,3-4H,2,5-11H2,(H2,17,21). The quantitative estimate of drug-likeness (QED) is 0.890. The highest BCUT2D eigenvalue weighted by molar-refractivity contribution is 6.05. The minimum Gasteiger partial charge on any atom is -0.379 e. The SMILES string of the molecule is NC(=O)c1cccc(CN2CCOCC2)c1N1CCCC1=O. The second kappa shape index (κ2) is 6.46. The molecule has 2 heterocycles. The lowest BCUT2D eigenvalue weighted by Gasteiger charge is -2.29. The van der Waals surface area contributed by atoms with E-state index >= 15 is 0 Å². The van der Waals surface area contributed by atoms with Crippen LogP contribution in [0.1, 0.15) is 28.8 Å². The van der Waals surface area contributed by atoms with E-state index in [0.29, 0.717) is 44.0 Å². The van der Waals surface area contributed by atoms with Crippen LogP contribution in [0, 0.1) is 0 Å². The topological polar surface area (TPSA) is 75.9 Å². The molecule has 1 aromatic carbocycles. The number of benzene rings is 1. The van der Waals surface area contributed by atoms with Crippen LogP contribution in [0.3, 0.4) is 0 Å². The third-order valence-corrected chi connectivity index (χ3v) is 4.23. The third kappa shape index (κ3) is 2.98. The molecule has 0 atom stereocenters. The Balaban J connectivity index is 1.95. The summed E-state index contributed by atoms with van der Waals surface area (Å²) in [5.74, 6) is -0.421. The van der Waals surface area contributed by atoms with Gasteiger partial charge in [-0.05, 0) is 18.1 Å². The van der Waals surface area contributed by atoms with Gasteiger partial charge < -0.3 is 15.4 Å². The number of para-hydroxylation sites is 1. The van der Waals surface area contributed by atoms with Crippen LogP contribution >= 0.6 is 0 Å². The molecule has 6 nitrogen and oxygen atoms in total. The molecule has 2 amide bonds. The van der Waals surface area contributed by atoms with Gasteiger partial charge in [0.25, 0.3) is 5.91 Å². The summed E-state index contributed by atoms with van der Waals surface area (Å²) < 4.78 is 5.37. The molecule has 6 heteroatoms. The first-order valence-electron chi connectivity index (χ1n) is 7.69. The monoisotopic (exact) mass is 303 g/mol. The predicted octanol–water partition coefficient (Wildman–Crippen LogP) is 0.745. The number of ether oxygens (including phenoxy) is 1. The summed E-state index contributed by atoms with van der Waals surface area (Å²) >= 11 is 0. The van der Waals surface area contributed by atoms with Gasteiger partial charge in [-0.1, -0.05) is 12.1 Å². The summed E-state index contributed by atoms with van der Waals surface area (Å²) in [7, 11) is 0. The predicted molar refractivity (Wildman–Crippen MR) is 82.6 cm³/mol. The number of anilines is 1. The Labute approximate surface area is 129 Å². The van der Waals surface area contributed by atoms with Crippen molar-refractivity contribution < 1.29 is 14.3 Å². The van der Waals surface area contributed by atoms with Gasteiger partial charge in [0.15, 0.2) is 0 Å². The van der Waals surface area contributed by atoms with Crippen molar-refractivity contribution in [2.75, 3.05) is 37.7 Å². The molecule has 2 saturated heterocycles. The Bertz CT molecular complexity index is 582. The van der Waals surface area contributed by atoms with Crippen LogP contribution in [-0.4, -0.2) is 49.6 Å². The zero-order valence-electron chi connectivity index (χ0n) is 12.6. The van der Waals surface area contributed by atoms with Crippen LogP contribution in [-0.2, 0) is 16.1 Å². The first-order chi connectivity index (χ1) is 10.7. The summed E-state index contributed by atoms with van der Waals surface area (Å²) in [5.41, 5.74) is 7.63. The molecule has 0 aliphatic carbocycles. The number of rotatable bonds is 4. The second-order valence-corrected chi connectivity index (χ2v) is 5.72. The summed E-state index contributed by atoms with van der Waals surface area (Å²) in [6, 6.07) is 5.51. The Morgan fingerprint density at radius 1 is 1.23 bits per heavy atom. The Morgan fingerprint density at radius 2 is 2.00 bits per heavy atom. The van der Waals surface area contributed by atoms with E-state index in [1.54, 1.807) is 11.0 Å². The van der Waals surface area contributed by atoms with Gasteiger partial charge in [-0.2, -0.15) is 0 Å². The van der Waals surface area contributed by atoms with Crippen molar-refractivity contribution in [3.05, 3.63) is 29.3 Å². The molecular formula is C16H21N3O3. The molecule has 0 spiro atoms. The molecule has 2 fully saturated rings. The van der Waals surface area contributed by atoms with E-state index in [2.05, 4.69) is 4.90 Å². The molecule has 2 aliphatic heterocycles. The normalized spacial score (nSPS) is 19.6. The molecule has 2 aliphatic rings. The lowest BCUT2D eigenvalue weighted by molar-refractivity contribution is -0.117. The highest BCUT2D eigenvalue weighted by Gasteiger charge is 2.28. The highest BCUT2D eigenvalue weighted by atomic mass is 16.5.